The van der Waals surface area contributed by atoms with E-state index in [-0.39, 0.29) is 0 Å². The summed E-state index contributed by atoms with van der Waals surface area (Å²) in [6.45, 7) is 4.20. The van der Waals surface area contributed by atoms with Crippen molar-refractivity contribution in [2.45, 2.75) is 20.3 Å². The highest BCUT2D eigenvalue weighted by Gasteiger charge is 1.99. The van der Waals surface area contributed by atoms with Crippen LogP contribution in [0.2, 0.25) is 0 Å². The Kier molecular flexibility index (Phi) is 1.47. The lowest BCUT2D eigenvalue weighted by molar-refractivity contribution is 0.785. The minimum absolute atomic E-state index is 0.652. The molecule has 0 N–H and O–H groups in total. The monoisotopic (exact) mass is 109 g/mol. The molecule has 0 aromatic carbocycles. The summed E-state index contributed by atoms with van der Waals surface area (Å²) in [5.74, 6) is 0.652. The molecule has 0 saturated carbocycles. The fraction of sp³-hybridized carbons (Fsp3) is 0.571. The molecule has 1 aliphatic rings. The highest BCUT2D eigenvalue weighted by atomic mass is 14.7. The first kappa shape index (κ1) is 5.54. The van der Waals surface area contributed by atoms with Gasteiger partial charge in [-0.15, -0.1) is 0 Å². The molecule has 0 radical (unpaired) electrons. The number of aliphatic imine (C=N–C) groups is 1. The average molecular weight is 109 g/mol. The molecule has 0 aliphatic carbocycles. The second-order valence-corrected chi connectivity index (χ2v) is 2.34. The lowest BCUT2D eigenvalue weighted by Crippen LogP contribution is -1.98. The second-order valence-electron chi connectivity index (χ2n) is 2.34. The van der Waals surface area contributed by atoms with Crippen LogP contribution >= 0.6 is 0 Å². The van der Waals surface area contributed by atoms with E-state index in [0.717, 1.165) is 12.1 Å². The number of nitrogens with zero attached hydrogens (tertiary/aromatic N) is 1. The molecule has 1 aliphatic heterocycles. The molecule has 0 unspecified atom stereocenters. The minimum atomic E-state index is 0.652. The highest BCUT2D eigenvalue weighted by molar-refractivity contribution is 5.63. The maximum Gasteiger partial charge on any atom is 0.0329 e. The van der Waals surface area contributed by atoms with E-state index >= 15 is 0 Å². The summed E-state index contributed by atoms with van der Waals surface area (Å²) in [4.78, 5) is 4.15. The maximum atomic E-state index is 4.15. The summed E-state index contributed by atoms with van der Waals surface area (Å²) in [5, 5.41) is 0. The number of allylic oxidation sites excluding steroid dienone is 2. The SMILES string of the molecule is CC1=CC[C@@H](C)C=N1. The van der Waals surface area contributed by atoms with Gasteiger partial charge < -0.3 is 0 Å². The summed E-state index contributed by atoms with van der Waals surface area (Å²) in [5.41, 5.74) is 1.16. The van der Waals surface area contributed by atoms with Gasteiger partial charge in [-0.1, -0.05) is 13.0 Å². The van der Waals surface area contributed by atoms with Crippen molar-refractivity contribution in [2.24, 2.45) is 10.9 Å². The van der Waals surface area contributed by atoms with Crippen LogP contribution in [0.25, 0.3) is 0 Å². The quantitative estimate of drug-likeness (QED) is 0.451. The largest absolute Gasteiger partial charge is 0.266 e. The van der Waals surface area contributed by atoms with Crippen LogP contribution < -0.4 is 0 Å². The Labute approximate surface area is 50.1 Å². The molecule has 1 heteroatoms. The highest BCUT2D eigenvalue weighted by Crippen LogP contribution is 2.09. The first-order valence-corrected chi connectivity index (χ1v) is 3.00. The Morgan fingerprint density at radius 2 is 2.50 bits per heavy atom. The van der Waals surface area contributed by atoms with E-state index in [9.17, 15) is 0 Å². The number of hydrogen-bond acceptors (Lipinski definition) is 1. The van der Waals surface area contributed by atoms with Crippen molar-refractivity contribution in [1.29, 1.82) is 0 Å². The van der Waals surface area contributed by atoms with Crippen LogP contribution in [0.5, 0.6) is 0 Å². The van der Waals surface area contributed by atoms with Gasteiger partial charge in [0.15, 0.2) is 0 Å². The topological polar surface area (TPSA) is 12.4 Å². The van der Waals surface area contributed by atoms with Crippen molar-refractivity contribution in [1.82, 2.24) is 0 Å². The van der Waals surface area contributed by atoms with Crippen molar-refractivity contribution < 1.29 is 0 Å². The Balaban J connectivity index is 2.58. The fourth-order valence-corrected chi connectivity index (χ4v) is 0.715. The predicted octanol–water partition coefficient (Wildman–Crippen LogP) is 2.00. The third-order valence-electron chi connectivity index (χ3n) is 1.32. The first-order valence-electron chi connectivity index (χ1n) is 3.00. The van der Waals surface area contributed by atoms with Gasteiger partial charge in [0, 0.05) is 11.9 Å². The number of hydrogen-bond donors (Lipinski definition) is 0. The molecular formula is C7H11N. The van der Waals surface area contributed by atoms with Gasteiger partial charge in [0.2, 0.25) is 0 Å². The molecule has 8 heavy (non-hydrogen) atoms. The van der Waals surface area contributed by atoms with Gasteiger partial charge in [-0.05, 0) is 19.3 Å². The molecule has 0 saturated heterocycles. The summed E-state index contributed by atoms with van der Waals surface area (Å²) in [6.07, 6.45) is 5.34. The normalized spacial score (nSPS) is 27.8. The summed E-state index contributed by atoms with van der Waals surface area (Å²) in [6, 6.07) is 0. The lowest BCUT2D eigenvalue weighted by atomic mass is 10.1. The van der Waals surface area contributed by atoms with Crippen molar-refractivity contribution in [2.75, 3.05) is 0 Å². The third-order valence-corrected chi connectivity index (χ3v) is 1.32. The Hall–Kier alpha value is -0.590. The van der Waals surface area contributed by atoms with Crippen LogP contribution in [0.3, 0.4) is 0 Å². The molecule has 0 spiro atoms. The van der Waals surface area contributed by atoms with E-state index in [2.05, 4.69) is 18.0 Å². The Morgan fingerprint density at radius 3 is 2.88 bits per heavy atom. The van der Waals surface area contributed by atoms with Crippen LogP contribution in [0.4, 0.5) is 0 Å². The van der Waals surface area contributed by atoms with Crippen molar-refractivity contribution in [3.05, 3.63) is 11.8 Å². The van der Waals surface area contributed by atoms with Crippen molar-refractivity contribution >= 4 is 6.21 Å². The zero-order valence-electron chi connectivity index (χ0n) is 5.39. The molecule has 0 aromatic heterocycles. The fourth-order valence-electron chi connectivity index (χ4n) is 0.715. The molecular weight excluding hydrogens is 98.1 g/mol. The summed E-state index contributed by atoms with van der Waals surface area (Å²) >= 11 is 0. The number of rotatable bonds is 0. The average Bonchev–Trinajstić information content (AvgIpc) is 1.77. The molecule has 1 nitrogen and oxygen atoms in total. The Bertz CT molecular complexity index is 133. The molecule has 0 fully saturated rings. The molecule has 1 atom stereocenters. The molecule has 0 bridgehead atoms. The van der Waals surface area contributed by atoms with Gasteiger partial charge in [-0.2, -0.15) is 0 Å². The zero-order valence-corrected chi connectivity index (χ0v) is 5.39. The minimum Gasteiger partial charge on any atom is -0.266 e. The molecule has 44 valence electrons. The van der Waals surface area contributed by atoms with Crippen molar-refractivity contribution in [3.8, 4) is 0 Å². The van der Waals surface area contributed by atoms with E-state index in [0.29, 0.717) is 5.92 Å². The summed E-state index contributed by atoms with van der Waals surface area (Å²) < 4.78 is 0. The van der Waals surface area contributed by atoms with Crippen LogP contribution in [0, 0.1) is 5.92 Å². The van der Waals surface area contributed by atoms with Gasteiger partial charge in [0.05, 0.1) is 0 Å². The zero-order chi connectivity index (χ0) is 5.98. The molecule has 0 aromatic rings. The van der Waals surface area contributed by atoms with Crippen LogP contribution in [-0.2, 0) is 0 Å². The predicted molar refractivity (Wildman–Crippen MR) is 36.0 cm³/mol. The molecule has 1 rings (SSSR count). The van der Waals surface area contributed by atoms with Crippen LogP contribution in [0.1, 0.15) is 20.3 Å². The second kappa shape index (κ2) is 2.12. The van der Waals surface area contributed by atoms with Gasteiger partial charge in [-0.3, -0.25) is 4.99 Å². The smallest absolute Gasteiger partial charge is 0.0329 e. The van der Waals surface area contributed by atoms with E-state index in [1.165, 1.54) is 0 Å². The van der Waals surface area contributed by atoms with Crippen LogP contribution in [-0.4, -0.2) is 6.21 Å². The van der Waals surface area contributed by atoms with Gasteiger partial charge in [-0.25, -0.2) is 0 Å². The van der Waals surface area contributed by atoms with E-state index in [4.69, 9.17) is 0 Å². The van der Waals surface area contributed by atoms with Crippen LogP contribution in [0.15, 0.2) is 16.8 Å². The van der Waals surface area contributed by atoms with E-state index < -0.39 is 0 Å². The third kappa shape index (κ3) is 1.19. The van der Waals surface area contributed by atoms with E-state index in [1.54, 1.807) is 0 Å². The molecule has 0 amide bonds. The van der Waals surface area contributed by atoms with Gasteiger partial charge in [0.1, 0.15) is 0 Å². The summed E-state index contributed by atoms with van der Waals surface area (Å²) in [7, 11) is 0. The van der Waals surface area contributed by atoms with Gasteiger partial charge in [0.25, 0.3) is 0 Å². The lowest BCUT2D eigenvalue weighted by Gasteiger charge is -2.05. The Morgan fingerprint density at radius 1 is 1.75 bits per heavy atom. The maximum absolute atomic E-state index is 4.15. The molecule has 1 heterocycles. The van der Waals surface area contributed by atoms with Gasteiger partial charge >= 0.3 is 0 Å². The standard InChI is InChI=1S/C7H11N/c1-6-3-4-7(2)8-5-6/h4-6H,3H2,1-2H3/t6-/m1/s1. The van der Waals surface area contributed by atoms with Crippen molar-refractivity contribution in [3.63, 3.8) is 0 Å². The first-order chi connectivity index (χ1) is 3.79. The van der Waals surface area contributed by atoms with E-state index in [1.807, 2.05) is 13.1 Å².